The number of carbonyl (C=O) groups excluding carboxylic acids is 1. The molecule has 9 heteroatoms. The first kappa shape index (κ1) is 17.3. The minimum Gasteiger partial charge on any atom is -0.346 e. The molecule has 0 aliphatic carbocycles. The SMILES string of the molecule is Cl.O=C(NCc1nc(-c2ccccc2)no1)C1CC(F)(F)CN1. The first-order valence-corrected chi connectivity index (χ1v) is 6.80. The van der Waals surface area contributed by atoms with Gasteiger partial charge in [-0.15, -0.1) is 12.4 Å². The van der Waals surface area contributed by atoms with Gasteiger partial charge in [0.25, 0.3) is 5.92 Å². The second kappa shape index (κ2) is 7.01. The average Bonchev–Trinajstić information content (AvgIpc) is 3.12. The van der Waals surface area contributed by atoms with E-state index in [1.807, 2.05) is 30.3 Å². The third kappa shape index (κ3) is 4.23. The number of aromatic nitrogens is 2. The zero-order chi connectivity index (χ0) is 15.6. The van der Waals surface area contributed by atoms with E-state index < -0.39 is 30.8 Å². The maximum atomic E-state index is 13.0. The Morgan fingerprint density at radius 2 is 2.13 bits per heavy atom. The van der Waals surface area contributed by atoms with Crippen molar-refractivity contribution < 1.29 is 18.1 Å². The molecule has 6 nitrogen and oxygen atoms in total. The predicted molar refractivity (Wildman–Crippen MR) is 80.2 cm³/mol. The molecule has 0 bridgehead atoms. The molecular weight excluding hydrogens is 330 g/mol. The van der Waals surface area contributed by atoms with Crippen molar-refractivity contribution in [3.05, 3.63) is 36.2 Å². The number of alkyl halides is 2. The van der Waals surface area contributed by atoms with E-state index in [0.29, 0.717) is 5.82 Å². The lowest BCUT2D eigenvalue weighted by Crippen LogP contribution is -2.40. The summed E-state index contributed by atoms with van der Waals surface area (Å²) in [6.07, 6.45) is -0.502. The van der Waals surface area contributed by atoms with Crippen LogP contribution in [0.4, 0.5) is 8.78 Å². The lowest BCUT2D eigenvalue weighted by atomic mass is 10.2. The summed E-state index contributed by atoms with van der Waals surface area (Å²) in [5.41, 5.74) is 0.793. The predicted octanol–water partition coefficient (Wildman–Crippen LogP) is 1.77. The van der Waals surface area contributed by atoms with Gasteiger partial charge >= 0.3 is 0 Å². The average molecular weight is 345 g/mol. The molecule has 0 saturated carbocycles. The molecule has 3 rings (SSSR count). The number of halogens is 3. The van der Waals surface area contributed by atoms with E-state index >= 15 is 0 Å². The number of hydrogen-bond acceptors (Lipinski definition) is 5. The lowest BCUT2D eigenvalue weighted by Gasteiger charge is -2.09. The van der Waals surface area contributed by atoms with E-state index in [-0.39, 0.29) is 24.8 Å². The van der Waals surface area contributed by atoms with Crippen molar-refractivity contribution in [1.82, 2.24) is 20.8 Å². The fourth-order valence-corrected chi connectivity index (χ4v) is 2.22. The van der Waals surface area contributed by atoms with Crippen LogP contribution in [0, 0.1) is 0 Å². The van der Waals surface area contributed by atoms with Gasteiger partial charge in [0, 0.05) is 12.0 Å². The number of carbonyl (C=O) groups is 1. The number of hydrogen-bond donors (Lipinski definition) is 2. The van der Waals surface area contributed by atoms with E-state index in [9.17, 15) is 13.6 Å². The third-order valence-electron chi connectivity index (χ3n) is 3.34. The van der Waals surface area contributed by atoms with Gasteiger partial charge in [-0.05, 0) is 0 Å². The number of nitrogens with one attached hydrogen (secondary N) is 2. The first-order valence-electron chi connectivity index (χ1n) is 6.80. The van der Waals surface area contributed by atoms with Crippen molar-refractivity contribution in [2.75, 3.05) is 6.54 Å². The van der Waals surface area contributed by atoms with Crippen LogP contribution in [0.25, 0.3) is 11.4 Å². The number of nitrogens with zero attached hydrogens (tertiary/aromatic N) is 2. The molecule has 1 saturated heterocycles. The summed E-state index contributed by atoms with van der Waals surface area (Å²) in [4.78, 5) is 15.9. The molecule has 1 aromatic heterocycles. The molecule has 23 heavy (non-hydrogen) atoms. The van der Waals surface area contributed by atoms with Crippen LogP contribution in [-0.4, -0.2) is 34.6 Å². The maximum absolute atomic E-state index is 13.0. The van der Waals surface area contributed by atoms with Crippen LogP contribution in [0.2, 0.25) is 0 Å². The first-order chi connectivity index (χ1) is 10.5. The highest BCUT2D eigenvalue weighted by molar-refractivity contribution is 5.85. The molecule has 0 spiro atoms. The summed E-state index contributed by atoms with van der Waals surface area (Å²) in [6.45, 7) is -0.480. The summed E-state index contributed by atoms with van der Waals surface area (Å²) in [7, 11) is 0. The Kier molecular flexibility index (Phi) is 5.27. The lowest BCUT2D eigenvalue weighted by molar-refractivity contribution is -0.123. The fraction of sp³-hybridized carbons (Fsp3) is 0.357. The number of amides is 1. The van der Waals surface area contributed by atoms with Gasteiger partial charge in [0.15, 0.2) is 0 Å². The monoisotopic (exact) mass is 344 g/mol. The highest BCUT2D eigenvalue weighted by atomic mass is 35.5. The van der Waals surface area contributed by atoms with Crippen LogP contribution in [0.3, 0.4) is 0 Å². The quantitative estimate of drug-likeness (QED) is 0.883. The molecule has 1 amide bonds. The second-order valence-electron chi connectivity index (χ2n) is 5.09. The van der Waals surface area contributed by atoms with Crippen LogP contribution in [0.5, 0.6) is 0 Å². The third-order valence-corrected chi connectivity index (χ3v) is 3.34. The molecule has 1 aromatic carbocycles. The Labute approximate surface area is 137 Å². The summed E-state index contributed by atoms with van der Waals surface area (Å²) in [6, 6.07) is 8.33. The number of benzene rings is 1. The minimum atomic E-state index is -2.84. The van der Waals surface area contributed by atoms with E-state index in [4.69, 9.17) is 4.52 Å². The van der Waals surface area contributed by atoms with Crippen LogP contribution < -0.4 is 10.6 Å². The van der Waals surface area contributed by atoms with E-state index in [0.717, 1.165) is 5.56 Å². The van der Waals surface area contributed by atoms with Gasteiger partial charge in [-0.3, -0.25) is 10.1 Å². The molecule has 1 unspecified atom stereocenters. The number of rotatable bonds is 4. The van der Waals surface area contributed by atoms with Gasteiger partial charge in [0.05, 0.1) is 19.1 Å². The molecule has 1 aliphatic heterocycles. The molecule has 1 atom stereocenters. The summed E-state index contributed by atoms with van der Waals surface area (Å²) < 4.78 is 31.1. The van der Waals surface area contributed by atoms with Gasteiger partial charge in [-0.25, -0.2) is 8.78 Å². The Morgan fingerprint density at radius 3 is 2.78 bits per heavy atom. The smallest absolute Gasteiger partial charge is 0.262 e. The highest BCUT2D eigenvalue weighted by Gasteiger charge is 2.42. The molecular formula is C14H15ClF2N4O2. The maximum Gasteiger partial charge on any atom is 0.262 e. The zero-order valence-corrected chi connectivity index (χ0v) is 12.8. The van der Waals surface area contributed by atoms with Crippen LogP contribution >= 0.6 is 12.4 Å². The van der Waals surface area contributed by atoms with Crippen LogP contribution in [-0.2, 0) is 11.3 Å². The molecule has 0 radical (unpaired) electrons. The fourth-order valence-electron chi connectivity index (χ4n) is 2.22. The Morgan fingerprint density at radius 1 is 1.39 bits per heavy atom. The summed E-state index contributed by atoms with van der Waals surface area (Å²) in [5, 5.41) is 8.81. The standard InChI is InChI=1S/C14H14F2N4O2.ClH/c15-14(16)6-10(18-8-14)13(21)17-7-11-19-12(20-22-11)9-4-2-1-3-5-9;/h1-5,10,18H,6-8H2,(H,17,21);1H. The van der Waals surface area contributed by atoms with E-state index in [2.05, 4.69) is 20.8 Å². The normalized spacial score (nSPS) is 19.1. The Balaban J connectivity index is 0.00000192. The molecule has 2 N–H and O–H groups in total. The summed E-state index contributed by atoms with van der Waals surface area (Å²) in [5.74, 6) is -2.71. The van der Waals surface area contributed by atoms with Gasteiger partial charge < -0.3 is 9.84 Å². The van der Waals surface area contributed by atoms with Crippen molar-refractivity contribution in [2.24, 2.45) is 0 Å². The molecule has 1 fully saturated rings. The Hall–Kier alpha value is -2.06. The van der Waals surface area contributed by atoms with Crippen LogP contribution in [0.15, 0.2) is 34.9 Å². The zero-order valence-electron chi connectivity index (χ0n) is 12.0. The molecule has 2 aromatic rings. The van der Waals surface area contributed by atoms with Crippen molar-refractivity contribution >= 4 is 18.3 Å². The van der Waals surface area contributed by atoms with Gasteiger partial charge in [0.1, 0.15) is 0 Å². The summed E-state index contributed by atoms with van der Waals surface area (Å²) >= 11 is 0. The minimum absolute atomic E-state index is 0. The highest BCUT2D eigenvalue weighted by Crippen LogP contribution is 2.25. The van der Waals surface area contributed by atoms with Crippen molar-refractivity contribution in [1.29, 1.82) is 0 Å². The Bertz CT molecular complexity index is 666. The van der Waals surface area contributed by atoms with E-state index in [1.165, 1.54) is 0 Å². The van der Waals surface area contributed by atoms with Crippen molar-refractivity contribution in [2.45, 2.75) is 24.9 Å². The molecule has 2 heterocycles. The van der Waals surface area contributed by atoms with E-state index in [1.54, 1.807) is 0 Å². The van der Waals surface area contributed by atoms with Gasteiger partial charge in [0.2, 0.25) is 17.6 Å². The van der Waals surface area contributed by atoms with Gasteiger partial charge in [-0.2, -0.15) is 4.98 Å². The van der Waals surface area contributed by atoms with Gasteiger partial charge in [-0.1, -0.05) is 35.5 Å². The van der Waals surface area contributed by atoms with Crippen LogP contribution in [0.1, 0.15) is 12.3 Å². The van der Waals surface area contributed by atoms with Crippen molar-refractivity contribution in [3.63, 3.8) is 0 Å². The topological polar surface area (TPSA) is 80.1 Å². The molecule has 124 valence electrons. The van der Waals surface area contributed by atoms with Crippen molar-refractivity contribution in [3.8, 4) is 11.4 Å². The molecule has 1 aliphatic rings. The second-order valence-corrected chi connectivity index (χ2v) is 5.09. The largest absolute Gasteiger partial charge is 0.346 e.